The van der Waals surface area contributed by atoms with Gasteiger partial charge in [0.15, 0.2) is 0 Å². The highest BCUT2D eigenvalue weighted by atomic mass is 16.4. The maximum absolute atomic E-state index is 8.78. The van der Waals surface area contributed by atoms with Crippen molar-refractivity contribution in [3.8, 4) is 0 Å². The summed E-state index contributed by atoms with van der Waals surface area (Å²) in [6.45, 7) is 2.88. The molecule has 0 aromatic heterocycles. The first-order valence-corrected chi connectivity index (χ1v) is 6.43. The number of hydrogen-bond donors (Lipinski definition) is 5. The Hall–Kier alpha value is -0.755. The Morgan fingerprint density at radius 3 is 2.32 bits per heavy atom. The normalized spacial score (nSPS) is 12.9. The number of nitrogens with one attached hydrogen (secondary N) is 1. The van der Waals surface area contributed by atoms with Gasteiger partial charge in [-0.25, -0.2) is 0 Å². The Labute approximate surface area is 114 Å². The van der Waals surface area contributed by atoms with Crippen LogP contribution in [0.1, 0.15) is 32.6 Å². The summed E-state index contributed by atoms with van der Waals surface area (Å²) >= 11 is 0. The highest BCUT2D eigenvalue weighted by molar-refractivity contribution is 6.40. The standard InChI is InChI=1S/C10H25BN2O3.CO2/c1-9(8-14)13-7-5-10(12)4-2-3-6-11(15)16;2-1-3/h9-10,13-16H,2-8,12H2,1H3;/t9-,10?;/m1./s1. The van der Waals surface area contributed by atoms with Crippen molar-refractivity contribution < 1.29 is 24.7 Å². The Kier molecular flexibility index (Phi) is 16.6. The number of rotatable bonds is 10. The van der Waals surface area contributed by atoms with Crippen LogP contribution in [0.5, 0.6) is 0 Å². The zero-order chi connectivity index (χ0) is 15.1. The molecule has 0 bridgehead atoms. The van der Waals surface area contributed by atoms with Gasteiger partial charge < -0.3 is 26.2 Å². The van der Waals surface area contributed by atoms with Crippen molar-refractivity contribution in [1.82, 2.24) is 5.32 Å². The van der Waals surface area contributed by atoms with E-state index in [4.69, 9.17) is 30.5 Å². The van der Waals surface area contributed by atoms with Crippen molar-refractivity contribution in [2.45, 2.75) is 51.0 Å². The lowest BCUT2D eigenvalue weighted by molar-refractivity contribution is -0.191. The third-order valence-electron chi connectivity index (χ3n) is 2.57. The second-order valence-corrected chi connectivity index (χ2v) is 4.43. The molecule has 0 saturated carbocycles. The van der Waals surface area contributed by atoms with Gasteiger partial charge in [-0.15, -0.1) is 0 Å². The number of nitrogens with two attached hydrogens (primary N) is 1. The van der Waals surface area contributed by atoms with Crippen molar-refractivity contribution >= 4 is 13.3 Å². The van der Waals surface area contributed by atoms with Crippen LogP contribution in [0.3, 0.4) is 0 Å². The van der Waals surface area contributed by atoms with Crippen LogP contribution in [-0.2, 0) is 9.59 Å². The number of carbonyl (C=O) groups excluding carboxylic acids is 2. The molecule has 112 valence electrons. The lowest BCUT2D eigenvalue weighted by atomic mass is 9.83. The van der Waals surface area contributed by atoms with Gasteiger partial charge in [-0.2, -0.15) is 9.59 Å². The minimum Gasteiger partial charge on any atom is -0.427 e. The van der Waals surface area contributed by atoms with Crippen molar-refractivity contribution in [3.05, 3.63) is 0 Å². The molecule has 7 nitrogen and oxygen atoms in total. The molecule has 0 saturated heterocycles. The molecule has 0 radical (unpaired) electrons. The van der Waals surface area contributed by atoms with Gasteiger partial charge in [0.1, 0.15) is 0 Å². The van der Waals surface area contributed by atoms with Gasteiger partial charge in [-0.1, -0.05) is 12.8 Å². The van der Waals surface area contributed by atoms with Crippen molar-refractivity contribution in [2.24, 2.45) is 5.73 Å². The highest BCUT2D eigenvalue weighted by Crippen LogP contribution is 2.05. The Morgan fingerprint density at radius 1 is 1.26 bits per heavy atom. The van der Waals surface area contributed by atoms with E-state index in [0.29, 0.717) is 6.32 Å². The average Bonchev–Trinajstić information content (AvgIpc) is 2.35. The minimum absolute atomic E-state index is 0.122. The molecule has 0 aliphatic heterocycles. The zero-order valence-electron chi connectivity index (χ0n) is 11.4. The fraction of sp³-hybridized carbons (Fsp3) is 0.909. The molecule has 0 heterocycles. The fourth-order valence-corrected chi connectivity index (χ4v) is 1.46. The molecule has 0 fully saturated rings. The predicted molar refractivity (Wildman–Crippen MR) is 71.0 cm³/mol. The molecule has 0 rings (SSSR count). The van der Waals surface area contributed by atoms with Crippen LogP contribution >= 0.6 is 0 Å². The monoisotopic (exact) mass is 276 g/mol. The van der Waals surface area contributed by atoms with Crippen molar-refractivity contribution in [2.75, 3.05) is 13.2 Å². The van der Waals surface area contributed by atoms with E-state index in [0.717, 1.165) is 32.2 Å². The Bertz CT molecular complexity index is 225. The number of unbranched alkanes of at least 4 members (excludes halogenated alkanes) is 1. The quantitative estimate of drug-likeness (QED) is 0.248. The van der Waals surface area contributed by atoms with Crippen LogP contribution in [0, 0.1) is 0 Å². The lowest BCUT2D eigenvalue weighted by Gasteiger charge is -2.14. The van der Waals surface area contributed by atoms with Gasteiger partial charge in [0.05, 0.1) is 6.61 Å². The molecule has 19 heavy (non-hydrogen) atoms. The van der Waals surface area contributed by atoms with Crippen LogP contribution in [0.15, 0.2) is 0 Å². The van der Waals surface area contributed by atoms with Crippen LogP contribution in [-0.4, -0.2) is 53.7 Å². The topological polar surface area (TPSA) is 133 Å². The van der Waals surface area contributed by atoms with E-state index in [-0.39, 0.29) is 24.8 Å². The summed E-state index contributed by atoms with van der Waals surface area (Å²) in [6.07, 6.45) is 4.18. The van der Waals surface area contributed by atoms with E-state index >= 15 is 0 Å². The summed E-state index contributed by atoms with van der Waals surface area (Å²) in [5, 5.41) is 29.2. The van der Waals surface area contributed by atoms with Crippen molar-refractivity contribution in [3.63, 3.8) is 0 Å². The Balaban J connectivity index is 0. The van der Waals surface area contributed by atoms with E-state index < -0.39 is 7.12 Å². The molecule has 2 atom stereocenters. The molecular weight excluding hydrogens is 251 g/mol. The zero-order valence-corrected chi connectivity index (χ0v) is 11.4. The molecule has 0 aromatic carbocycles. The van der Waals surface area contributed by atoms with Gasteiger partial charge in [0.25, 0.3) is 0 Å². The van der Waals surface area contributed by atoms with Gasteiger partial charge in [-0.05, 0) is 32.6 Å². The summed E-state index contributed by atoms with van der Waals surface area (Å²) in [6, 6.07) is 0.269. The first-order valence-electron chi connectivity index (χ1n) is 6.43. The van der Waals surface area contributed by atoms with E-state index in [9.17, 15) is 0 Å². The van der Waals surface area contributed by atoms with Gasteiger partial charge in [0.2, 0.25) is 0 Å². The molecule has 0 aromatic rings. The lowest BCUT2D eigenvalue weighted by Crippen LogP contribution is -2.33. The first kappa shape index (κ1) is 20.6. The summed E-state index contributed by atoms with van der Waals surface area (Å²) in [5.41, 5.74) is 5.89. The molecule has 0 spiro atoms. The minimum atomic E-state index is -1.19. The summed E-state index contributed by atoms with van der Waals surface area (Å²) in [4.78, 5) is 16.2. The van der Waals surface area contributed by atoms with Gasteiger partial charge in [-0.3, -0.25) is 0 Å². The van der Waals surface area contributed by atoms with E-state index in [1.807, 2.05) is 6.92 Å². The van der Waals surface area contributed by atoms with E-state index in [1.165, 1.54) is 0 Å². The molecular formula is C11H25BN2O5. The molecule has 0 aliphatic carbocycles. The smallest absolute Gasteiger partial charge is 0.427 e. The average molecular weight is 276 g/mol. The highest BCUT2D eigenvalue weighted by Gasteiger charge is 2.07. The SMILES string of the molecule is C[C@H](CO)NCCC(N)CCCCB(O)O.O=C=O. The van der Waals surface area contributed by atoms with Crippen LogP contribution in [0.2, 0.25) is 6.32 Å². The largest absolute Gasteiger partial charge is 0.451 e. The summed E-state index contributed by atoms with van der Waals surface area (Å²) in [7, 11) is -1.19. The molecule has 6 N–H and O–H groups in total. The fourth-order valence-electron chi connectivity index (χ4n) is 1.46. The van der Waals surface area contributed by atoms with Crippen molar-refractivity contribution in [1.29, 1.82) is 0 Å². The van der Waals surface area contributed by atoms with Crippen LogP contribution in [0.4, 0.5) is 0 Å². The third-order valence-corrected chi connectivity index (χ3v) is 2.57. The maximum atomic E-state index is 8.78. The van der Waals surface area contributed by atoms with Crippen LogP contribution < -0.4 is 11.1 Å². The molecule has 0 amide bonds. The Morgan fingerprint density at radius 2 is 1.84 bits per heavy atom. The van der Waals surface area contributed by atoms with E-state index in [2.05, 4.69) is 5.32 Å². The van der Waals surface area contributed by atoms with Gasteiger partial charge in [0, 0.05) is 12.1 Å². The molecule has 0 aliphatic rings. The maximum Gasteiger partial charge on any atom is 0.451 e. The summed E-state index contributed by atoms with van der Waals surface area (Å²) < 4.78 is 0. The van der Waals surface area contributed by atoms with Gasteiger partial charge >= 0.3 is 13.3 Å². The van der Waals surface area contributed by atoms with Crippen LogP contribution in [0.25, 0.3) is 0 Å². The second-order valence-electron chi connectivity index (χ2n) is 4.43. The molecule has 8 heteroatoms. The molecule has 1 unspecified atom stereocenters. The summed E-state index contributed by atoms with van der Waals surface area (Å²) in [5.74, 6) is 0. The number of hydrogen-bond acceptors (Lipinski definition) is 7. The predicted octanol–water partition coefficient (Wildman–Crippen LogP) is -1.27. The third kappa shape index (κ3) is 19.8. The number of aliphatic hydroxyl groups is 1. The number of aliphatic hydroxyl groups excluding tert-OH is 1. The first-order chi connectivity index (χ1) is 8.97. The van der Waals surface area contributed by atoms with E-state index in [1.54, 1.807) is 0 Å². The second kappa shape index (κ2) is 15.3.